The molecule has 3 aromatic rings. The number of carbonyl (C=O) groups excluding carboxylic acids is 1. The Kier molecular flexibility index (Phi) is 4.28. The highest BCUT2D eigenvalue weighted by Crippen LogP contribution is 2.45. The number of esters is 1. The lowest BCUT2D eigenvalue weighted by Crippen LogP contribution is -2.27. The molecule has 1 aliphatic rings. The molecule has 0 aromatic heterocycles. The fourth-order valence-corrected chi connectivity index (χ4v) is 3.52. The molecule has 4 nitrogen and oxygen atoms in total. The second-order valence-electron chi connectivity index (χ2n) is 6.29. The molecule has 0 saturated carbocycles. The molecule has 5 heteroatoms. The number of fused-ring (bicyclic) bond motifs is 3. The van der Waals surface area contributed by atoms with E-state index < -0.39 is 11.9 Å². The molecular formula is C22H18FNO3. The van der Waals surface area contributed by atoms with E-state index in [1.807, 2.05) is 36.4 Å². The summed E-state index contributed by atoms with van der Waals surface area (Å²) in [5, 5.41) is 1.86. The largest absolute Gasteiger partial charge is 0.462 e. The van der Waals surface area contributed by atoms with E-state index in [1.165, 1.54) is 12.1 Å². The van der Waals surface area contributed by atoms with Crippen molar-refractivity contribution in [2.45, 2.75) is 12.8 Å². The van der Waals surface area contributed by atoms with Gasteiger partial charge >= 0.3 is 5.97 Å². The van der Waals surface area contributed by atoms with Gasteiger partial charge in [0.25, 0.3) is 0 Å². The molecule has 1 aliphatic heterocycles. The Morgan fingerprint density at radius 3 is 2.74 bits per heavy atom. The zero-order chi connectivity index (χ0) is 19.0. The molecule has 0 saturated heterocycles. The molecule has 0 spiro atoms. The Balaban J connectivity index is 1.98. The standard InChI is InChI=1S/C22H18FNO3/c1-2-26-22(25)19-18(14-7-5-8-15(23)12-14)17-11-10-13-6-3-4-9-16(13)20(17)27-21(19)24/h3-12,18H,2,24H2,1H3/t18-/m0/s1. The molecule has 2 N–H and O–H groups in total. The zero-order valence-electron chi connectivity index (χ0n) is 14.7. The Labute approximate surface area is 156 Å². The van der Waals surface area contributed by atoms with Crippen molar-refractivity contribution in [1.29, 1.82) is 0 Å². The highest BCUT2D eigenvalue weighted by Gasteiger charge is 2.36. The predicted molar refractivity (Wildman–Crippen MR) is 101 cm³/mol. The lowest BCUT2D eigenvalue weighted by Gasteiger charge is -2.29. The maximum atomic E-state index is 13.9. The maximum Gasteiger partial charge on any atom is 0.340 e. The normalized spacial score (nSPS) is 16.0. The number of halogens is 1. The first-order chi connectivity index (χ1) is 13.1. The average molecular weight is 363 g/mol. The molecule has 1 heterocycles. The minimum absolute atomic E-state index is 0.0217. The van der Waals surface area contributed by atoms with Gasteiger partial charge in [-0.1, -0.05) is 48.5 Å². The van der Waals surface area contributed by atoms with Gasteiger partial charge in [-0.25, -0.2) is 9.18 Å². The molecule has 27 heavy (non-hydrogen) atoms. The van der Waals surface area contributed by atoms with Crippen molar-refractivity contribution in [3.8, 4) is 5.75 Å². The van der Waals surface area contributed by atoms with Crippen molar-refractivity contribution in [1.82, 2.24) is 0 Å². The SMILES string of the molecule is CCOC(=O)C1=C(N)Oc2c(ccc3ccccc23)[C@@H]1c1cccc(F)c1. The van der Waals surface area contributed by atoms with Gasteiger partial charge in [0.2, 0.25) is 5.88 Å². The molecule has 1 atom stereocenters. The van der Waals surface area contributed by atoms with Crippen LogP contribution in [0.5, 0.6) is 5.75 Å². The molecule has 136 valence electrons. The van der Waals surface area contributed by atoms with Crippen molar-refractivity contribution in [2.24, 2.45) is 5.73 Å². The zero-order valence-corrected chi connectivity index (χ0v) is 14.7. The third-order valence-electron chi connectivity index (χ3n) is 4.66. The minimum Gasteiger partial charge on any atom is -0.462 e. The Morgan fingerprint density at radius 2 is 1.96 bits per heavy atom. The molecule has 0 bridgehead atoms. The number of hydrogen-bond donors (Lipinski definition) is 1. The van der Waals surface area contributed by atoms with Gasteiger partial charge in [-0.05, 0) is 30.0 Å². The topological polar surface area (TPSA) is 61.5 Å². The molecule has 0 fully saturated rings. The van der Waals surface area contributed by atoms with Crippen LogP contribution in [0.4, 0.5) is 4.39 Å². The van der Waals surface area contributed by atoms with Crippen LogP contribution in [-0.4, -0.2) is 12.6 Å². The molecular weight excluding hydrogens is 345 g/mol. The number of rotatable bonds is 3. The van der Waals surface area contributed by atoms with Crippen molar-refractivity contribution in [3.05, 3.63) is 89.1 Å². The number of benzene rings is 3. The van der Waals surface area contributed by atoms with Crippen LogP contribution in [0.2, 0.25) is 0 Å². The van der Waals surface area contributed by atoms with E-state index in [2.05, 4.69) is 0 Å². The second kappa shape index (κ2) is 6.76. The van der Waals surface area contributed by atoms with Gasteiger partial charge in [0.1, 0.15) is 17.1 Å². The molecule has 4 rings (SSSR count). The Hall–Kier alpha value is -3.34. The fourth-order valence-electron chi connectivity index (χ4n) is 3.52. The van der Waals surface area contributed by atoms with Crippen molar-refractivity contribution in [3.63, 3.8) is 0 Å². The first-order valence-electron chi connectivity index (χ1n) is 8.72. The summed E-state index contributed by atoms with van der Waals surface area (Å²) in [5.41, 5.74) is 7.69. The van der Waals surface area contributed by atoms with Gasteiger partial charge in [0.05, 0.1) is 12.5 Å². The second-order valence-corrected chi connectivity index (χ2v) is 6.29. The Bertz CT molecular complexity index is 1070. The van der Waals surface area contributed by atoms with Gasteiger partial charge in [-0.2, -0.15) is 0 Å². The lowest BCUT2D eigenvalue weighted by atomic mass is 9.82. The summed E-state index contributed by atoms with van der Waals surface area (Å²) in [6, 6.07) is 17.7. The third kappa shape index (κ3) is 2.91. The van der Waals surface area contributed by atoms with Gasteiger partial charge in [0.15, 0.2) is 0 Å². The first-order valence-corrected chi connectivity index (χ1v) is 8.72. The summed E-state index contributed by atoms with van der Waals surface area (Å²) in [7, 11) is 0. The summed E-state index contributed by atoms with van der Waals surface area (Å²) in [4.78, 5) is 12.6. The van der Waals surface area contributed by atoms with Crippen molar-refractivity contribution in [2.75, 3.05) is 6.61 Å². The highest BCUT2D eigenvalue weighted by molar-refractivity contribution is 5.96. The highest BCUT2D eigenvalue weighted by atomic mass is 19.1. The first kappa shape index (κ1) is 17.1. The molecule has 3 aromatic carbocycles. The van der Waals surface area contributed by atoms with E-state index in [0.29, 0.717) is 11.3 Å². The van der Waals surface area contributed by atoms with E-state index in [1.54, 1.807) is 19.1 Å². The van der Waals surface area contributed by atoms with E-state index in [0.717, 1.165) is 16.3 Å². The summed E-state index contributed by atoms with van der Waals surface area (Å²) < 4.78 is 25.0. The molecule has 0 amide bonds. The third-order valence-corrected chi connectivity index (χ3v) is 4.66. The van der Waals surface area contributed by atoms with E-state index in [-0.39, 0.29) is 23.9 Å². The maximum absolute atomic E-state index is 13.9. The van der Waals surface area contributed by atoms with Gasteiger partial charge in [-0.3, -0.25) is 0 Å². The van der Waals surface area contributed by atoms with Crippen LogP contribution in [0.3, 0.4) is 0 Å². The van der Waals surface area contributed by atoms with Crippen LogP contribution in [0.25, 0.3) is 10.8 Å². The van der Waals surface area contributed by atoms with E-state index >= 15 is 0 Å². The van der Waals surface area contributed by atoms with Crippen LogP contribution in [0.15, 0.2) is 72.1 Å². The summed E-state index contributed by atoms with van der Waals surface area (Å²) in [6.45, 7) is 1.92. The summed E-state index contributed by atoms with van der Waals surface area (Å²) in [6.07, 6.45) is 0. The lowest BCUT2D eigenvalue weighted by molar-refractivity contribution is -0.139. The molecule has 0 radical (unpaired) electrons. The van der Waals surface area contributed by atoms with Gasteiger partial charge in [-0.15, -0.1) is 0 Å². The summed E-state index contributed by atoms with van der Waals surface area (Å²) >= 11 is 0. The average Bonchev–Trinajstić information content (AvgIpc) is 2.67. The quantitative estimate of drug-likeness (QED) is 0.707. The van der Waals surface area contributed by atoms with Crippen LogP contribution >= 0.6 is 0 Å². The fraction of sp³-hybridized carbons (Fsp3) is 0.136. The van der Waals surface area contributed by atoms with Crippen LogP contribution < -0.4 is 10.5 Å². The summed E-state index contributed by atoms with van der Waals surface area (Å²) in [5.74, 6) is -0.973. The van der Waals surface area contributed by atoms with Crippen molar-refractivity contribution < 1.29 is 18.7 Å². The minimum atomic E-state index is -0.576. The van der Waals surface area contributed by atoms with Gasteiger partial charge < -0.3 is 15.2 Å². The monoisotopic (exact) mass is 363 g/mol. The van der Waals surface area contributed by atoms with Gasteiger partial charge in [0, 0.05) is 10.9 Å². The number of hydrogen-bond acceptors (Lipinski definition) is 4. The van der Waals surface area contributed by atoms with Crippen LogP contribution in [0, 0.1) is 5.82 Å². The number of nitrogens with two attached hydrogens (primary N) is 1. The smallest absolute Gasteiger partial charge is 0.340 e. The van der Waals surface area contributed by atoms with Crippen molar-refractivity contribution >= 4 is 16.7 Å². The van der Waals surface area contributed by atoms with Crippen LogP contribution in [0.1, 0.15) is 24.0 Å². The molecule has 0 aliphatic carbocycles. The Morgan fingerprint density at radius 1 is 1.15 bits per heavy atom. The number of carbonyl (C=O) groups is 1. The van der Waals surface area contributed by atoms with E-state index in [9.17, 15) is 9.18 Å². The van der Waals surface area contributed by atoms with Crippen LogP contribution in [-0.2, 0) is 9.53 Å². The number of ether oxygens (including phenoxy) is 2. The van der Waals surface area contributed by atoms with E-state index in [4.69, 9.17) is 15.2 Å². The molecule has 0 unspecified atom stereocenters. The predicted octanol–water partition coefficient (Wildman–Crippen LogP) is 4.24.